The van der Waals surface area contributed by atoms with Crippen molar-refractivity contribution in [3.63, 3.8) is 0 Å². The number of thioether (sulfide) groups is 1. The summed E-state index contributed by atoms with van der Waals surface area (Å²) in [5.41, 5.74) is 0.828. The molecular weight excluding hydrogens is 230 g/mol. The first-order valence-corrected chi connectivity index (χ1v) is 7.08. The molecule has 1 aliphatic carbocycles. The highest BCUT2D eigenvalue weighted by atomic mass is 32.2. The van der Waals surface area contributed by atoms with E-state index in [1.807, 2.05) is 37.4 Å². The van der Waals surface area contributed by atoms with Gasteiger partial charge in [-0.25, -0.2) is 0 Å². The summed E-state index contributed by atoms with van der Waals surface area (Å²) in [7, 11) is 2.00. The van der Waals surface area contributed by atoms with Gasteiger partial charge in [-0.15, -0.1) is 0 Å². The molecule has 1 unspecified atom stereocenters. The summed E-state index contributed by atoms with van der Waals surface area (Å²) in [4.78, 5) is 12.0. The van der Waals surface area contributed by atoms with Crippen LogP contribution in [0.1, 0.15) is 29.6 Å². The van der Waals surface area contributed by atoms with Crippen molar-refractivity contribution in [2.24, 2.45) is 5.92 Å². The molecule has 0 aromatic heterocycles. The van der Waals surface area contributed by atoms with E-state index in [1.165, 1.54) is 31.0 Å². The van der Waals surface area contributed by atoms with Gasteiger partial charge in [0.25, 0.3) is 0 Å². The maximum atomic E-state index is 12.0. The molecule has 2 rings (SSSR count). The lowest BCUT2D eigenvalue weighted by Gasteiger charge is -2.09. The summed E-state index contributed by atoms with van der Waals surface area (Å²) in [6, 6.07) is 9.59. The van der Waals surface area contributed by atoms with Gasteiger partial charge in [-0.3, -0.25) is 4.79 Å². The molecule has 2 nitrogen and oxygen atoms in total. The summed E-state index contributed by atoms with van der Waals surface area (Å²) >= 11 is 1.52. The molecule has 3 heteroatoms. The van der Waals surface area contributed by atoms with Crippen molar-refractivity contribution in [3.8, 4) is 0 Å². The van der Waals surface area contributed by atoms with Gasteiger partial charge in [-0.1, -0.05) is 42.1 Å². The van der Waals surface area contributed by atoms with Crippen LogP contribution in [0.5, 0.6) is 0 Å². The van der Waals surface area contributed by atoms with Gasteiger partial charge >= 0.3 is 0 Å². The molecule has 1 aliphatic rings. The molecule has 0 amide bonds. The fourth-order valence-corrected chi connectivity index (χ4v) is 3.60. The molecule has 17 heavy (non-hydrogen) atoms. The van der Waals surface area contributed by atoms with Crippen molar-refractivity contribution in [1.29, 1.82) is 0 Å². The van der Waals surface area contributed by atoms with Crippen LogP contribution >= 0.6 is 11.8 Å². The first-order chi connectivity index (χ1) is 8.29. The lowest BCUT2D eigenvalue weighted by Crippen LogP contribution is -2.16. The largest absolute Gasteiger partial charge is 0.319 e. The smallest absolute Gasteiger partial charge is 0.219 e. The average molecular weight is 249 g/mol. The van der Waals surface area contributed by atoms with Gasteiger partial charge in [-0.2, -0.15) is 0 Å². The molecule has 1 N–H and O–H groups in total. The Balaban J connectivity index is 1.84. The zero-order chi connectivity index (χ0) is 12.1. The third kappa shape index (κ3) is 3.58. The van der Waals surface area contributed by atoms with E-state index in [-0.39, 0.29) is 5.12 Å². The van der Waals surface area contributed by atoms with E-state index < -0.39 is 0 Å². The number of nitrogens with one attached hydrogen (secondary N) is 1. The number of hydrogen-bond donors (Lipinski definition) is 1. The lowest BCUT2D eigenvalue weighted by atomic mass is 10.1. The zero-order valence-corrected chi connectivity index (χ0v) is 11.0. The van der Waals surface area contributed by atoms with Crippen LogP contribution < -0.4 is 5.32 Å². The van der Waals surface area contributed by atoms with Gasteiger partial charge in [0, 0.05) is 10.8 Å². The molecule has 1 aromatic carbocycles. The van der Waals surface area contributed by atoms with E-state index in [4.69, 9.17) is 0 Å². The van der Waals surface area contributed by atoms with Crippen LogP contribution in [-0.2, 0) is 0 Å². The fourth-order valence-electron chi connectivity index (χ4n) is 2.40. The second kappa shape index (κ2) is 6.22. The molecule has 92 valence electrons. The predicted molar refractivity (Wildman–Crippen MR) is 73.4 cm³/mol. The first kappa shape index (κ1) is 12.7. The molecule has 1 saturated carbocycles. The monoisotopic (exact) mass is 249 g/mol. The van der Waals surface area contributed by atoms with Crippen LogP contribution in [-0.4, -0.2) is 24.0 Å². The molecule has 1 aromatic rings. The quantitative estimate of drug-likeness (QED) is 0.889. The van der Waals surface area contributed by atoms with Gasteiger partial charge in [-0.05, 0) is 38.8 Å². The number of carbonyl (C=O) groups excluding carboxylic acids is 1. The Bertz CT molecular complexity index is 366. The van der Waals surface area contributed by atoms with E-state index in [0.717, 1.165) is 18.0 Å². The van der Waals surface area contributed by atoms with Crippen molar-refractivity contribution in [2.45, 2.75) is 24.5 Å². The van der Waals surface area contributed by atoms with Crippen molar-refractivity contribution in [3.05, 3.63) is 35.9 Å². The van der Waals surface area contributed by atoms with Crippen molar-refractivity contribution >= 4 is 16.9 Å². The van der Waals surface area contributed by atoms with Crippen LogP contribution in [0.2, 0.25) is 0 Å². The van der Waals surface area contributed by atoms with Gasteiger partial charge in [0.05, 0.1) is 0 Å². The Morgan fingerprint density at radius 2 is 2.12 bits per heavy atom. The van der Waals surface area contributed by atoms with Crippen LogP contribution in [0.15, 0.2) is 30.3 Å². The van der Waals surface area contributed by atoms with Crippen LogP contribution in [0.4, 0.5) is 0 Å². The first-order valence-electron chi connectivity index (χ1n) is 6.20. The van der Waals surface area contributed by atoms with E-state index in [9.17, 15) is 4.79 Å². The topological polar surface area (TPSA) is 29.1 Å². The molecular formula is C14H19NOS. The van der Waals surface area contributed by atoms with Crippen molar-refractivity contribution in [2.75, 3.05) is 13.6 Å². The second-order valence-electron chi connectivity index (χ2n) is 4.63. The Morgan fingerprint density at radius 3 is 2.82 bits per heavy atom. The van der Waals surface area contributed by atoms with Crippen molar-refractivity contribution < 1.29 is 4.79 Å². The van der Waals surface area contributed by atoms with E-state index in [1.54, 1.807) is 0 Å². The highest BCUT2D eigenvalue weighted by molar-refractivity contribution is 8.14. The van der Waals surface area contributed by atoms with Crippen LogP contribution in [0, 0.1) is 5.92 Å². The van der Waals surface area contributed by atoms with Gasteiger partial charge < -0.3 is 5.32 Å². The molecule has 2 atom stereocenters. The predicted octanol–water partition coefficient (Wildman–Crippen LogP) is 2.95. The third-order valence-electron chi connectivity index (χ3n) is 3.27. The SMILES string of the molecule is CNC[C@@H]1CCC(SC(=O)c2ccccc2)C1. The number of rotatable bonds is 4. The molecule has 0 heterocycles. The van der Waals surface area contributed by atoms with Gasteiger partial charge in [0.15, 0.2) is 0 Å². The minimum absolute atomic E-state index is 0.223. The van der Waals surface area contributed by atoms with E-state index in [0.29, 0.717) is 5.25 Å². The molecule has 0 radical (unpaired) electrons. The summed E-state index contributed by atoms with van der Waals surface area (Å²) in [5.74, 6) is 0.751. The Labute approximate surface area is 107 Å². The minimum Gasteiger partial charge on any atom is -0.319 e. The molecule has 0 aliphatic heterocycles. The summed E-state index contributed by atoms with van der Waals surface area (Å²) < 4.78 is 0. The maximum Gasteiger partial charge on any atom is 0.219 e. The highest BCUT2D eigenvalue weighted by Gasteiger charge is 2.26. The van der Waals surface area contributed by atoms with E-state index >= 15 is 0 Å². The Morgan fingerprint density at radius 1 is 1.35 bits per heavy atom. The lowest BCUT2D eigenvalue weighted by molar-refractivity contribution is 0.108. The molecule has 0 bridgehead atoms. The second-order valence-corrected chi connectivity index (χ2v) is 5.90. The molecule has 1 fully saturated rings. The number of hydrogen-bond acceptors (Lipinski definition) is 3. The fraction of sp³-hybridized carbons (Fsp3) is 0.500. The Hall–Kier alpha value is -0.800. The zero-order valence-electron chi connectivity index (χ0n) is 10.2. The minimum atomic E-state index is 0.223. The van der Waals surface area contributed by atoms with Crippen LogP contribution in [0.3, 0.4) is 0 Å². The van der Waals surface area contributed by atoms with Gasteiger partial charge in [0.1, 0.15) is 0 Å². The number of carbonyl (C=O) groups is 1. The average Bonchev–Trinajstić information content (AvgIpc) is 2.78. The third-order valence-corrected chi connectivity index (χ3v) is 4.48. The normalized spacial score (nSPS) is 23.8. The maximum absolute atomic E-state index is 12.0. The van der Waals surface area contributed by atoms with Gasteiger partial charge in [0.2, 0.25) is 5.12 Å². The van der Waals surface area contributed by atoms with E-state index in [2.05, 4.69) is 5.32 Å². The molecule has 0 saturated heterocycles. The highest BCUT2D eigenvalue weighted by Crippen LogP contribution is 2.35. The summed E-state index contributed by atoms with van der Waals surface area (Å²) in [6.07, 6.45) is 3.60. The van der Waals surface area contributed by atoms with Crippen molar-refractivity contribution in [1.82, 2.24) is 5.32 Å². The van der Waals surface area contributed by atoms with Crippen LogP contribution in [0.25, 0.3) is 0 Å². The summed E-state index contributed by atoms with van der Waals surface area (Å²) in [5, 5.41) is 3.96. The Kier molecular flexibility index (Phi) is 4.63. The number of benzene rings is 1. The summed E-state index contributed by atoms with van der Waals surface area (Å²) in [6.45, 7) is 1.08. The molecule has 0 spiro atoms. The standard InChI is InChI=1S/C14H19NOS/c1-15-10-11-7-8-13(9-11)17-14(16)12-5-3-2-4-6-12/h2-6,11,13,15H,7-10H2,1H3/t11-,13?/m1/s1.